The van der Waals surface area contributed by atoms with Gasteiger partial charge in [-0.3, -0.25) is 4.40 Å². The minimum Gasteiger partial charge on any atom is -0.310 e. The molecule has 1 atom stereocenters. The maximum absolute atomic E-state index is 6.09. The van der Waals surface area contributed by atoms with Crippen molar-refractivity contribution in [2.75, 3.05) is 6.54 Å². The van der Waals surface area contributed by atoms with Gasteiger partial charge in [-0.25, -0.2) is 4.98 Å². The van der Waals surface area contributed by atoms with Crippen LogP contribution in [0.3, 0.4) is 0 Å². The number of halogens is 1. The second kappa shape index (κ2) is 5.95. The normalized spacial score (nSPS) is 12.9. The minimum absolute atomic E-state index is 0.239. The third-order valence-electron chi connectivity index (χ3n) is 3.26. The van der Waals surface area contributed by atoms with Crippen molar-refractivity contribution in [3.8, 4) is 0 Å². The Kier molecular flexibility index (Phi) is 4.05. The van der Waals surface area contributed by atoms with Gasteiger partial charge in [-0.05, 0) is 24.2 Å². The number of nitrogens with one attached hydrogen (secondary N) is 1. The lowest BCUT2D eigenvalue weighted by Crippen LogP contribution is -2.23. The second-order valence-electron chi connectivity index (χ2n) is 4.69. The highest BCUT2D eigenvalue weighted by molar-refractivity contribution is 7.15. The van der Waals surface area contributed by atoms with Gasteiger partial charge < -0.3 is 5.32 Å². The van der Waals surface area contributed by atoms with E-state index >= 15 is 0 Å². The lowest BCUT2D eigenvalue weighted by Gasteiger charge is -2.17. The highest BCUT2D eigenvalue weighted by Crippen LogP contribution is 2.22. The number of hydrogen-bond donors (Lipinski definition) is 1. The molecule has 2 aromatic heterocycles. The molecule has 1 aromatic carbocycles. The molecule has 0 saturated carbocycles. The fourth-order valence-corrected chi connectivity index (χ4v) is 3.28. The van der Waals surface area contributed by atoms with E-state index in [1.807, 2.05) is 29.8 Å². The fraction of sp³-hybridized carbons (Fsp3) is 0.267. The molecule has 0 bridgehead atoms. The van der Waals surface area contributed by atoms with Gasteiger partial charge in [-0.2, -0.15) is 0 Å². The number of thiazole rings is 1. The Balaban J connectivity index is 1.85. The lowest BCUT2D eigenvalue weighted by molar-refractivity contribution is 0.545. The van der Waals surface area contributed by atoms with Crippen molar-refractivity contribution >= 4 is 27.9 Å². The number of imidazole rings is 1. The number of fused-ring (bicyclic) bond motifs is 1. The molecule has 0 radical (unpaired) electrons. The van der Waals surface area contributed by atoms with Gasteiger partial charge in [0.05, 0.1) is 5.69 Å². The summed E-state index contributed by atoms with van der Waals surface area (Å²) in [6.07, 6.45) is 5.00. The summed E-state index contributed by atoms with van der Waals surface area (Å²) in [6, 6.07) is 8.27. The highest BCUT2D eigenvalue weighted by atomic mass is 35.5. The van der Waals surface area contributed by atoms with E-state index in [-0.39, 0.29) is 6.04 Å². The summed E-state index contributed by atoms with van der Waals surface area (Å²) >= 11 is 7.75. The summed E-state index contributed by atoms with van der Waals surface area (Å²) in [5.74, 6) is 0. The van der Waals surface area contributed by atoms with E-state index in [2.05, 4.69) is 33.9 Å². The monoisotopic (exact) mass is 305 g/mol. The minimum atomic E-state index is 0.239. The van der Waals surface area contributed by atoms with Crippen molar-refractivity contribution in [3.63, 3.8) is 0 Å². The molecule has 104 valence electrons. The van der Waals surface area contributed by atoms with Gasteiger partial charge in [0.1, 0.15) is 0 Å². The van der Waals surface area contributed by atoms with Crippen molar-refractivity contribution in [2.45, 2.75) is 19.4 Å². The molecule has 1 unspecified atom stereocenters. The van der Waals surface area contributed by atoms with Crippen molar-refractivity contribution in [1.29, 1.82) is 0 Å². The molecule has 3 aromatic rings. The van der Waals surface area contributed by atoms with Gasteiger partial charge >= 0.3 is 0 Å². The molecule has 3 nitrogen and oxygen atoms in total. The van der Waals surface area contributed by atoms with Crippen LogP contribution < -0.4 is 5.32 Å². The van der Waals surface area contributed by atoms with Crippen LogP contribution >= 0.6 is 22.9 Å². The Morgan fingerprint density at radius 1 is 1.45 bits per heavy atom. The molecule has 1 N–H and O–H groups in total. The molecule has 0 spiro atoms. The van der Waals surface area contributed by atoms with Gasteiger partial charge in [-0.15, -0.1) is 11.3 Å². The first-order valence-electron chi connectivity index (χ1n) is 6.66. The molecule has 0 fully saturated rings. The molecular weight excluding hydrogens is 290 g/mol. The zero-order valence-electron chi connectivity index (χ0n) is 11.2. The standard InChI is InChI=1S/C15H16ClN3S/c1-2-17-14(11-4-3-5-12(16)8-11)9-13-10-19-6-7-20-15(19)18-13/h3-8,10,14,17H,2,9H2,1H3. The fourth-order valence-electron chi connectivity index (χ4n) is 2.36. The second-order valence-corrected chi connectivity index (χ2v) is 6.00. The first-order chi connectivity index (χ1) is 9.76. The van der Waals surface area contributed by atoms with Crippen LogP contribution in [0.5, 0.6) is 0 Å². The van der Waals surface area contributed by atoms with Gasteiger partial charge in [0, 0.05) is 35.3 Å². The predicted octanol–water partition coefficient (Wildman–Crippen LogP) is 3.94. The Morgan fingerprint density at radius 3 is 3.10 bits per heavy atom. The molecular formula is C15H16ClN3S. The van der Waals surface area contributed by atoms with Crippen LogP contribution in [-0.4, -0.2) is 15.9 Å². The molecule has 0 aliphatic rings. The summed E-state index contributed by atoms with van der Waals surface area (Å²) in [5.41, 5.74) is 2.30. The summed E-state index contributed by atoms with van der Waals surface area (Å²) in [5, 5.41) is 6.33. The van der Waals surface area contributed by atoms with Crippen LogP contribution in [0.4, 0.5) is 0 Å². The van der Waals surface area contributed by atoms with E-state index in [0.29, 0.717) is 0 Å². The number of benzene rings is 1. The maximum atomic E-state index is 6.09. The SMILES string of the molecule is CCNC(Cc1cn2ccsc2n1)c1cccc(Cl)c1. The largest absolute Gasteiger partial charge is 0.310 e. The smallest absolute Gasteiger partial charge is 0.193 e. The van der Waals surface area contributed by atoms with Crippen LogP contribution in [0.15, 0.2) is 42.0 Å². The number of rotatable bonds is 5. The highest BCUT2D eigenvalue weighted by Gasteiger charge is 2.14. The predicted molar refractivity (Wildman–Crippen MR) is 84.6 cm³/mol. The van der Waals surface area contributed by atoms with Crippen molar-refractivity contribution < 1.29 is 0 Å². The first kappa shape index (κ1) is 13.6. The van der Waals surface area contributed by atoms with E-state index in [0.717, 1.165) is 28.6 Å². The van der Waals surface area contributed by atoms with Crippen LogP contribution in [0, 0.1) is 0 Å². The average Bonchev–Trinajstić information content (AvgIpc) is 2.99. The van der Waals surface area contributed by atoms with Gasteiger partial charge in [0.15, 0.2) is 4.96 Å². The van der Waals surface area contributed by atoms with Crippen LogP contribution in [-0.2, 0) is 6.42 Å². The average molecular weight is 306 g/mol. The molecule has 0 aliphatic heterocycles. The van der Waals surface area contributed by atoms with Crippen molar-refractivity contribution in [2.24, 2.45) is 0 Å². The van der Waals surface area contributed by atoms with Gasteiger partial charge in [0.25, 0.3) is 0 Å². The summed E-state index contributed by atoms with van der Waals surface area (Å²) < 4.78 is 2.07. The molecule has 0 saturated heterocycles. The quantitative estimate of drug-likeness (QED) is 0.773. The van der Waals surface area contributed by atoms with Crippen molar-refractivity contribution in [3.05, 3.63) is 58.3 Å². The van der Waals surface area contributed by atoms with Crippen LogP contribution in [0.2, 0.25) is 5.02 Å². The number of nitrogens with zero attached hydrogens (tertiary/aromatic N) is 2. The Morgan fingerprint density at radius 2 is 2.35 bits per heavy atom. The topological polar surface area (TPSA) is 29.3 Å². The Labute approximate surface area is 127 Å². The molecule has 3 rings (SSSR count). The number of aromatic nitrogens is 2. The zero-order chi connectivity index (χ0) is 13.9. The van der Waals surface area contributed by atoms with Gasteiger partial charge in [0.2, 0.25) is 0 Å². The third-order valence-corrected chi connectivity index (χ3v) is 4.26. The molecule has 20 heavy (non-hydrogen) atoms. The van der Waals surface area contributed by atoms with E-state index in [1.54, 1.807) is 11.3 Å². The van der Waals surface area contributed by atoms with Crippen LogP contribution in [0.25, 0.3) is 4.96 Å². The lowest BCUT2D eigenvalue weighted by atomic mass is 10.0. The molecule has 5 heteroatoms. The van der Waals surface area contributed by atoms with E-state index in [4.69, 9.17) is 11.6 Å². The van der Waals surface area contributed by atoms with Crippen LogP contribution in [0.1, 0.15) is 24.2 Å². The number of hydrogen-bond acceptors (Lipinski definition) is 3. The summed E-state index contributed by atoms with van der Waals surface area (Å²) in [6.45, 7) is 3.03. The maximum Gasteiger partial charge on any atom is 0.193 e. The Bertz CT molecular complexity index is 675. The first-order valence-corrected chi connectivity index (χ1v) is 7.92. The van der Waals surface area contributed by atoms with E-state index in [1.165, 1.54) is 5.56 Å². The van der Waals surface area contributed by atoms with Gasteiger partial charge in [-0.1, -0.05) is 30.7 Å². The Hall–Kier alpha value is -1.36. The van der Waals surface area contributed by atoms with E-state index in [9.17, 15) is 0 Å². The van der Waals surface area contributed by atoms with E-state index < -0.39 is 0 Å². The molecule has 2 heterocycles. The number of likely N-dealkylation sites (N-methyl/N-ethyl adjacent to an activating group) is 1. The van der Waals surface area contributed by atoms with Crippen molar-refractivity contribution in [1.82, 2.24) is 14.7 Å². The molecule has 0 aliphatic carbocycles. The third kappa shape index (κ3) is 2.87. The zero-order valence-corrected chi connectivity index (χ0v) is 12.8. The molecule has 0 amide bonds. The summed E-state index contributed by atoms with van der Waals surface area (Å²) in [7, 11) is 0. The summed E-state index contributed by atoms with van der Waals surface area (Å²) in [4.78, 5) is 5.69.